The van der Waals surface area contributed by atoms with Crippen molar-refractivity contribution in [2.75, 3.05) is 14.2 Å². The second-order valence-corrected chi connectivity index (χ2v) is 4.15. The Kier molecular flexibility index (Phi) is 3.65. The monoisotopic (exact) mass is 256 g/mol. The van der Waals surface area contributed by atoms with Gasteiger partial charge in [0.25, 0.3) is 5.56 Å². The highest BCUT2D eigenvalue weighted by atomic mass is 16.6. The van der Waals surface area contributed by atoms with Crippen LogP contribution in [0.2, 0.25) is 0 Å². The van der Waals surface area contributed by atoms with Crippen LogP contribution < -0.4 is 11.2 Å². The Labute approximate surface area is 103 Å². The molecule has 2 heterocycles. The van der Waals surface area contributed by atoms with Crippen molar-refractivity contribution in [1.82, 2.24) is 9.55 Å². The molecule has 1 saturated heterocycles. The molecule has 1 aliphatic heterocycles. The number of rotatable bonds is 3. The smallest absolute Gasteiger partial charge is 0.330 e. The van der Waals surface area contributed by atoms with Crippen molar-refractivity contribution in [2.45, 2.75) is 31.5 Å². The molecule has 0 saturated carbocycles. The van der Waals surface area contributed by atoms with E-state index >= 15 is 0 Å². The zero-order chi connectivity index (χ0) is 13.3. The van der Waals surface area contributed by atoms with Crippen LogP contribution in [-0.4, -0.2) is 42.1 Å². The van der Waals surface area contributed by atoms with Crippen molar-refractivity contribution in [2.24, 2.45) is 0 Å². The fourth-order valence-corrected chi connectivity index (χ4v) is 2.23. The molecular weight excluding hydrogens is 240 g/mol. The normalized spacial score (nSPS) is 31.7. The molecule has 1 N–H and O–H groups in total. The van der Waals surface area contributed by atoms with Gasteiger partial charge in [0.1, 0.15) is 12.2 Å². The molecule has 0 amide bonds. The Bertz CT molecular complexity index is 523. The minimum atomic E-state index is -0.612. The number of hydrogen-bond donors (Lipinski definition) is 1. The summed E-state index contributed by atoms with van der Waals surface area (Å²) in [7, 11) is 3.09. The Morgan fingerprint density at radius 1 is 1.28 bits per heavy atom. The van der Waals surface area contributed by atoms with Gasteiger partial charge in [0.15, 0.2) is 6.23 Å². The van der Waals surface area contributed by atoms with Crippen molar-refractivity contribution < 1.29 is 14.2 Å². The van der Waals surface area contributed by atoms with Crippen LogP contribution in [0, 0.1) is 0 Å². The number of nitrogens with zero attached hydrogens (tertiary/aromatic N) is 1. The lowest BCUT2D eigenvalue weighted by Gasteiger charge is -2.21. The molecule has 0 bridgehead atoms. The molecule has 4 atom stereocenters. The first-order valence-electron chi connectivity index (χ1n) is 5.61. The topological polar surface area (TPSA) is 82.5 Å². The third-order valence-corrected chi connectivity index (χ3v) is 3.09. The average molecular weight is 256 g/mol. The first-order valence-corrected chi connectivity index (χ1v) is 5.61. The fourth-order valence-electron chi connectivity index (χ4n) is 2.23. The molecule has 7 heteroatoms. The summed E-state index contributed by atoms with van der Waals surface area (Å²) in [5.74, 6) is 0. The molecule has 1 aromatic rings. The second-order valence-electron chi connectivity index (χ2n) is 4.15. The SMILES string of the molecule is COC1C(C)OC(n2ccc(=O)[nH]c2=O)C1OC. The molecule has 1 aliphatic rings. The van der Waals surface area contributed by atoms with E-state index in [-0.39, 0.29) is 12.2 Å². The summed E-state index contributed by atoms with van der Waals surface area (Å²) in [6, 6.07) is 1.27. The van der Waals surface area contributed by atoms with Crippen molar-refractivity contribution in [1.29, 1.82) is 0 Å². The molecule has 100 valence electrons. The molecule has 2 rings (SSSR count). The van der Waals surface area contributed by atoms with Crippen molar-refractivity contribution in [3.63, 3.8) is 0 Å². The summed E-state index contributed by atoms with van der Waals surface area (Å²) in [4.78, 5) is 24.9. The summed E-state index contributed by atoms with van der Waals surface area (Å²) < 4.78 is 17.6. The quantitative estimate of drug-likeness (QED) is 0.787. The highest BCUT2D eigenvalue weighted by molar-refractivity contribution is 4.93. The molecular formula is C11H16N2O5. The van der Waals surface area contributed by atoms with Crippen LogP contribution in [0.4, 0.5) is 0 Å². The number of aromatic nitrogens is 2. The minimum Gasteiger partial charge on any atom is -0.376 e. The zero-order valence-corrected chi connectivity index (χ0v) is 10.5. The summed E-state index contributed by atoms with van der Waals surface area (Å²) >= 11 is 0. The lowest BCUT2D eigenvalue weighted by molar-refractivity contribution is -0.0546. The maximum absolute atomic E-state index is 11.7. The Balaban J connectivity index is 2.38. The van der Waals surface area contributed by atoms with Gasteiger partial charge in [0, 0.05) is 26.5 Å². The van der Waals surface area contributed by atoms with Gasteiger partial charge in [0.05, 0.1) is 6.10 Å². The van der Waals surface area contributed by atoms with Gasteiger partial charge in [-0.05, 0) is 6.92 Å². The van der Waals surface area contributed by atoms with E-state index in [0.717, 1.165) is 0 Å². The van der Waals surface area contributed by atoms with Gasteiger partial charge < -0.3 is 14.2 Å². The van der Waals surface area contributed by atoms with E-state index in [0.29, 0.717) is 0 Å². The number of hydrogen-bond acceptors (Lipinski definition) is 5. The van der Waals surface area contributed by atoms with E-state index in [1.165, 1.54) is 23.9 Å². The predicted octanol–water partition coefficient (Wildman–Crippen LogP) is -0.516. The van der Waals surface area contributed by atoms with Crippen LogP contribution in [0.5, 0.6) is 0 Å². The van der Waals surface area contributed by atoms with Crippen LogP contribution in [0.15, 0.2) is 21.9 Å². The molecule has 0 aromatic carbocycles. The maximum Gasteiger partial charge on any atom is 0.330 e. The first kappa shape index (κ1) is 13.0. The molecule has 0 spiro atoms. The van der Waals surface area contributed by atoms with E-state index in [1.54, 1.807) is 7.11 Å². The van der Waals surface area contributed by atoms with Crippen LogP contribution in [0.1, 0.15) is 13.2 Å². The molecule has 18 heavy (non-hydrogen) atoms. The van der Waals surface area contributed by atoms with E-state index in [1.807, 2.05) is 6.92 Å². The van der Waals surface area contributed by atoms with Crippen LogP contribution in [0.25, 0.3) is 0 Å². The van der Waals surface area contributed by atoms with Gasteiger partial charge in [0.2, 0.25) is 0 Å². The molecule has 0 radical (unpaired) electrons. The Morgan fingerprint density at radius 3 is 2.50 bits per heavy atom. The van der Waals surface area contributed by atoms with Gasteiger partial charge in [-0.1, -0.05) is 0 Å². The van der Waals surface area contributed by atoms with Crippen LogP contribution in [0.3, 0.4) is 0 Å². The molecule has 0 aliphatic carbocycles. The van der Waals surface area contributed by atoms with Crippen molar-refractivity contribution >= 4 is 0 Å². The van der Waals surface area contributed by atoms with Gasteiger partial charge >= 0.3 is 5.69 Å². The van der Waals surface area contributed by atoms with E-state index in [2.05, 4.69) is 4.98 Å². The lowest BCUT2D eigenvalue weighted by Crippen LogP contribution is -2.39. The third kappa shape index (κ3) is 2.12. The number of H-pyrrole nitrogens is 1. The molecule has 1 aromatic heterocycles. The number of methoxy groups -OCH3 is 2. The zero-order valence-electron chi connectivity index (χ0n) is 10.5. The van der Waals surface area contributed by atoms with Gasteiger partial charge in [-0.3, -0.25) is 14.3 Å². The van der Waals surface area contributed by atoms with Crippen LogP contribution in [-0.2, 0) is 14.2 Å². The maximum atomic E-state index is 11.7. The highest BCUT2D eigenvalue weighted by Gasteiger charge is 2.44. The molecule has 7 nitrogen and oxygen atoms in total. The Morgan fingerprint density at radius 2 is 1.94 bits per heavy atom. The van der Waals surface area contributed by atoms with Gasteiger partial charge in [-0.2, -0.15) is 0 Å². The van der Waals surface area contributed by atoms with Gasteiger partial charge in [-0.15, -0.1) is 0 Å². The lowest BCUT2D eigenvalue weighted by atomic mass is 10.1. The summed E-state index contributed by atoms with van der Waals surface area (Å²) in [6.07, 6.45) is -0.0988. The predicted molar refractivity (Wildman–Crippen MR) is 62.5 cm³/mol. The molecule has 4 unspecified atom stereocenters. The first-order chi connectivity index (χ1) is 8.58. The summed E-state index contributed by atoms with van der Waals surface area (Å²) in [5, 5.41) is 0. The standard InChI is InChI=1S/C11H16N2O5/c1-6-8(16-2)9(17-3)10(18-6)13-5-4-7(14)12-11(13)15/h4-6,8-10H,1-3H3,(H,12,14,15). The van der Waals surface area contributed by atoms with E-state index < -0.39 is 23.6 Å². The summed E-state index contributed by atoms with van der Waals surface area (Å²) in [6.45, 7) is 1.84. The number of aromatic amines is 1. The highest BCUT2D eigenvalue weighted by Crippen LogP contribution is 2.31. The molecule has 1 fully saturated rings. The van der Waals surface area contributed by atoms with Gasteiger partial charge in [-0.25, -0.2) is 4.79 Å². The summed E-state index contributed by atoms with van der Waals surface area (Å²) in [5.41, 5.74) is -0.974. The van der Waals surface area contributed by atoms with E-state index in [4.69, 9.17) is 14.2 Å². The third-order valence-electron chi connectivity index (χ3n) is 3.09. The number of nitrogens with one attached hydrogen (secondary N) is 1. The largest absolute Gasteiger partial charge is 0.376 e. The average Bonchev–Trinajstić information content (AvgIpc) is 2.65. The number of ether oxygens (including phenoxy) is 3. The Hall–Kier alpha value is -1.44. The van der Waals surface area contributed by atoms with Crippen molar-refractivity contribution in [3.8, 4) is 0 Å². The van der Waals surface area contributed by atoms with Crippen LogP contribution >= 0.6 is 0 Å². The fraction of sp³-hybridized carbons (Fsp3) is 0.636. The minimum absolute atomic E-state index is 0.205. The van der Waals surface area contributed by atoms with E-state index in [9.17, 15) is 9.59 Å². The second kappa shape index (κ2) is 5.05. The van der Waals surface area contributed by atoms with Crippen molar-refractivity contribution in [3.05, 3.63) is 33.1 Å².